The molecule has 1 heterocycles. The lowest BCUT2D eigenvalue weighted by Crippen LogP contribution is -2.21. The minimum Gasteiger partial charge on any atom is -0.449 e. The molecule has 0 aliphatic carbocycles. The second kappa shape index (κ2) is 11.4. The zero-order chi connectivity index (χ0) is 22.9. The van der Waals surface area contributed by atoms with E-state index in [1.165, 1.54) is 0 Å². The average Bonchev–Trinajstić information content (AvgIpc) is 2.80. The van der Waals surface area contributed by atoms with Gasteiger partial charge in [0.2, 0.25) is 0 Å². The van der Waals surface area contributed by atoms with Crippen molar-refractivity contribution in [3.8, 4) is 11.1 Å². The monoisotopic (exact) mass is 436 g/mol. The molecule has 6 heteroatoms. The third-order valence-corrected chi connectivity index (χ3v) is 5.52. The lowest BCUT2D eigenvalue weighted by atomic mass is 10.1. The first-order chi connectivity index (χ1) is 15.5. The molecule has 0 atom stereocenters. The summed E-state index contributed by atoms with van der Waals surface area (Å²) in [7, 11) is 0. The van der Waals surface area contributed by atoms with E-state index in [4.69, 9.17) is 9.15 Å². The van der Waals surface area contributed by atoms with Crippen molar-refractivity contribution < 1.29 is 13.9 Å². The second-order valence-electron chi connectivity index (χ2n) is 7.74. The highest BCUT2D eigenvalue weighted by molar-refractivity contribution is 5.86. The fraction of sp³-hybridized carbons (Fsp3) is 0.385. The van der Waals surface area contributed by atoms with Gasteiger partial charge in [-0.1, -0.05) is 38.3 Å². The van der Waals surface area contributed by atoms with E-state index in [0.29, 0.717) is 23.4 Å². The number of rotatable bonds is 10. The minimum atomic E-state index is -0.469. The highest BCUT2D eigenvalue weighted by Crippen LogP contribution is 2.26. The van der Waals surface area contributed by atoms with Gasteiger partial charge in [-0.05, 0) is 56.2 Å². The number of hydrogen-bond acceptors (Lipinski definition) is 5. The van der Waals surface area contributed by atoms with Crippen molar-refractivity contribution in [2.24, 2.45) is 0 Å². The Morgan fingerprint density at radius 2 is 1.72 bits per heavy atom. The van der Waals surface area contributed by atoms with Gasteiger partial charge in [-0.25, -0.2) is 9.59 Å². The van der Waals surface area contributed by atoms with Crippen LogP contribution in [0.2, 0.25) is 0 Å². The average molecular weight is 437 g/mol. The molecule has 0 aliphatic rings. The molecule has 1 aromatic heterocycles. The van der Waals surface area contributed by atoms with E-state index in [1.54, 1.807) is 24.3 Å². The maximum atomic E-state index is 12.6. The highest BCUT2D eigenvalue weighted by Gasteiger charge is 2.11. The lowest BCUT2D eigenvalue weighted by molar-refractivity contribution is 0.159. The summed E-state index contributed by atoms with van der Waals surface area (Å²) in [5.41, 5.74) is 3.04. The number of hydrogen-bond donors (Lipinski definition) is 1. The zero-order valence-electron chi connectivity index (χ0n) is 19.1. The molecule has 1 amide bonds. The molecule has 0 fully saturated rings. The van der Waals surface area contributed by atoms with Gasteiger partial charge in [-0.2, -0.15) is 0 Å². The molecular weight excluding hydrogens is 404 g/mol. The molecule has 3 rings (SSSR count). The number of unbranched alkanes of at least 4 members (excludes halogenated alkanes) is 3. The molecule has 0 saturated carbocycles. The fourth-order valence-electron chi connectivity index (χ4n) is 3.67. The molecule has 0 bridgehead atoms. The predicted molar refractivity (Wildman–Crippen MR) is 131 cm³/mol. The first-order valence-electron chi connectivity index (χ1n) is 11.4. The Bertz CT molecular complexity index is 1090. The fourth-order valence-corrected chi connectivity index (χ4v) is 3.67. The Morgan fingerprint density at radius 3 is 2.41 bits per heavy atom. The van der Waals surface area contributed by atoms with Gasteiger partial charge in [0.1, 0.15) is 5.58 Å². The SMILES string of the molecule is CCCCCCOC(=O)Nc1ccc(-c2cc3ccc(N(CC)CC)cc3oc2=O)cc1. The zero-order valence-corrected chi connectivity index (χ0v) is 19.1. The summed E-state index contributed by atoms with van der Waals surface area (Å²) in [5, 5.41) is 3.58. The molecule has 0 radical (unpaired) electrons. The largest absolute Gasteiger partial charge is 0.449 e. The topological polar surface area (TPSA) is 71.8 Å². The van der Waals surface area contributed by atoms with E-state index >= 15 is 0 Å². The molecule has 170 valence electrons. The van der Waals surface area contributed by atoms with E-state index in [0.717, 1.165) is 55.4 Å². The molecular formula is C26H32N2O4. The lowest BCUT2D eigenvalue weighted by Gasteiger charge is -2.21. The first-order valence-corrected chi connectivity index (χ1v) is 11.4. The minimum absolute atomic E-state index is 0.388. The number of amides is 1. The van der Waals surface area contributed by atoms with Crippen LogP contribution in [0, 0.1) is 0 Å². The van der Waals surface area contributed by atoms with Crippen LogP contribution in [0.25, 0.3) is 22.1 Å². The normalized spacial score (nSPS) is 10.8. The number of ether oxygens (including phenoxy) is 1. The molecule has 0 unspecified atom stereocenters. The van der Waals surface area contributed by atoms with Crippen LogP contribution in [0.3, 0.4) is 0 Å². The summed E-state index contributed by atoms with van der Waals surface area (Å²) in [6.07, 6.45) is 3.75. The van der Waals surface area contributed by atoms with E-state index in [-0.39, 0.29) is 5.63 Å². The molecule has 3 aromatic rings. The van der Waals surface area contributed by atoms with Crippen molar-refractivity contribution in [3.05, 3.63) is 59.0 Å². The summed E-state index contributed by atoms with van der Waals surface area (Å²) in [4.78, 5) is 26.8. The molecule has 2 aromatic carbocycles. The number of carbonyl (C=O) groups is 1. The Labute approximate surface area is 189 Å². The van der Waals surface area contributed by atoms with Crippen molar-refractivity contribution in [2.45, 2.75) is 46.5 Å². The smallest absolute Gasteiger partial charge is 0.411 e. The Balaban J connectivity index is 1.70. The van der Waals surface area contributed by atoms with Gasteiger partial charge < -0.3 is 14.1 Å². The van der Waals surface area contributed by atoms with Crippen molar-refractivity contribution in [3.63, 3.8) is 0 Å². The molecule has 32 heavy (non-hydrogen) atoms. The van der Waals surface area contributed by atoms with Crippen LogP contribution in [0.1, 0.15) is 46.5 Å². The van der Waals surface area contributed by atoms with E-state index in [9.17, 15) is 9.59 Å². The van der Waals surface area contributed by atoms with Crippen LogP contribution >= 0.6 is 0 Å². The van der Waals surface area contributed by atoms with Gasteiger partial charge >= 0.3 is 11.7 Å². The van der Waals surface area contributed by atoms with Crippen LogP contribution in [0.5, 0.6) is 0 Å². The summed E-state index contributed by atoms with van der Waals surface area (Å²) >= 11 is 0. The van der Waals surface area contributed by atoms with Crippen molar-refractivity contribution in [1.82, 2.24) is 0 Å². The maximum Gasteiger partial charge on any atom is 0.411 e. The van der Waals surface area contributed by atoms with Gasteiger partial charge in [0.05, 0.1) is 12.2 Å². The van der Waals surface area contributed by atoms with Gasteiger partial charge in [0, 0.05) is 35.9 Å². The molecule has 6 nitrogen and oxygen atoms in total. The summed E-state index contributed by atoms with van der Waals surface area (Å²) in [6.45, 7) is 8.52. The quantitative estimate of drug-likeness (QED) is 0.293. The number of anilines is 2. The third-order valence-electron chi connectivity index (χ3n) is 5.52. The van der Waals surface area contributed by atoms with Crippen molar-refractivity contribution >= 4 is 28.4 Å². The standard InChI is InChI=1S/C26H32N2O4/c1-4-7-8-9-16-31-26(30)27-21-13-10-19(11-14-21)23-17-20-12-15-22(28(5-2)6-3)18-24(20)32-25(23)29/h10-15,17-18H,4-9,16H2,1-3H3,(H,27,30). The predicted octanol–water partition coefficient (Wildman–Crippen LogP) is 6.44. The summed E-state index contributed by atoms with van der Waals surface area (Å²) in [5.74, 6) is 0. The van der Waals surface area contributed by atoms with Crippen molar-refractivity contribution in [1.29, 1.82) is 0 Å². The van der Waals surface area contributed by atoms with Crippen LogP contribution in [0.15, 0.2) is 57.7 Å². The second-order valence-corrected chi connectivity index (χ2v) is 7.74. The van der Waals surface area contributed by atoms with Crippen LogP contribution in [0.4, 0.5) is 16.2 Å². The number of fused-ring (bicyclic) bond motifs is 1. The molecule has 0 aliphatic heterocycles. The van der Waals surface area contributed by atoms with E-state index in [2.05, 4.69) is 31.0 Å². The molecule has 1 N–H and O–H groups in total. The number of benzene rings is 2. The number of nitrogens with one attached hydrogen (secondary N) is 1. The number of carbonyl (C=O) groups excluding carboxylic acids is 1. The van der Waals surface area contributed by atoms with Crippen LogP contribution < -0.4 is 15.8 Å². The number of nitrogens with zero attached hydrogens (tertiary/aromatic N) is 1. The van der Waals surface area contributed by atoms with Crippen LogP contribution in [-0.2, 0) is 4.74 Å². The third kappa shape index (κ3) is 5.90. The Morgan fingerprint density at radius 1 is 0.969 bits per heavy atom. The van der Waals surface area contributed by atoms with Crippen molar-refractivity contribution in [2.75, 3.05) is 29.9 Å². The molecule has 0 spiro atoms. The Hall–Kier alpha value is -3.28. The van der Waals surface area contributed by atoms with Gasteiger partial charge in [0.15, 0.2) is 0 Å². The van der Waals surface area contributed by atoms with Gasteiger partial charge in [0.25, 0.3) is 0 Å². The van der Waals surface area contributed by atoms with Crippen LogP contribution in [-0.4, -0.2) is 25.8 Å². The van der Waals surface area contributed by atoms with Gasteiger partial charge in [-0.15, -0.1) is 0 Å². The molecule has 0 saturated heterocycles. The van der Waals surface area contributed by atoms with E-state index < -0.39 is 6.09 Å². The summed E-state index contributed by atoms with van der Waals surface area (Å²) in [6, 6.07) is 14.9. The van der Waals surface area contributed by atoms with Gasteiger partial charge in [-0.3, -0.25) is 5.32 Å². The van der Waals surface area contributed by atoms with E-state index in [1.807, 2.05) is 24.3 Å². The summed E-state index contributed by atoms with van der Waals surface area (Å²) < 4.78 is 10.8. The first kappa shape index (κ1) is 23.4. The maximum absolute atomic E-state index is 12.6. The Kier molecular flexibility index (Phi) is 8.31. The highest BCUT2D eigenvalue weighted by atomic mass is 16.5.